The number of ether oxygens (including phenoxy) is 3. The van der Waals surface area contributed by atoms with Gasteiger partial charge < -0.3 is 39.7 Å². The van der Waals surface area contributed by atoms with Crippen molar-refractivity contribution in [1.29, 1.82) is 0 Å². The first-order valence-electron chi connectivity index (χ1n) is 16.2. The summed E-state index contributed by atoms with van der Waals surface area (Å²) in [4.78, 5) is 27.3. The number of Topliss-reactive ketones (excluding diaryl/α,β-unsaturated/α-hetero) is 2. The molecule has 0 aromatic heterocycles. The van der Waals surface area contributed by atoms with Crippen molar-refractivity contribution >= 4 is 22.3 Å². The van der Waals surface area contributed by atoms with E-state index in [4.69, 9.17) is 14.2 Å². The van der Waals surface area contributed by atoms with Crippen molar-refractivity contribution in [2.75, 3.05) is 14.2 Å². The summed E-state index contributed by atoms with van der Waals surface area (Å²) in [6.45, 7) is 10.5. The quantitative estimate of drug-likeness (QED) is 0.103. The lowest BCUT2D eigenvalue weighted by molar-refractivity contribution is -0.221. The van der Waals surface area contributed by atoms with Gasteiger partial charge in [-0.1, -0.05) is 23.3 Å². The molecule has 1 aliphatic heterocycles. The second kappa shape index (κ2) is 14.1. The van der Waals surface area contributed by atoms with E-state index in [1.165, 1.54) is 13.0 Å². The number of allylic oxidation sites excluding steroid dienone is 3. The highest BCUT2D eigenvalue weighted by Crippen LogP contribution is 2.49. The second-order valence-electron chi connectivity index (χ2n) is 13.8. The molecule has 0 bridgehead atoms. The molecule has 0 spiro atoms. The minimum atomic E-state index is -2.53. The van der Waals surface area contributed by atoms with Crippen LogP contribution in [0.25, 0.3) is 10.8 Å². The first kappa shape index (κ1) is 36.6. The van der Waals surface area contributed by atoms with Crippen LogP contribution in [0.2, 0.25) is 0 Å². The number of methoxy groups -OCH3 is 2. The van der Waals surface area contributed by atoms with Crippen molar-refractivity contribution in [3.8, 4) is 17.2 Å². The van der Waals surface area contributed by atoms with Gasteiger partial charge in [0.25, 0.3) is 0 Å². The number of ketones is 2. The molecule has 4 atom stereocenters. The lowest BCUT2D eigenvalue weighted by Crippen LogP contribution is -2.49. The summed E-state index contributed by atoms with van der Waals surface area (Å²) in [6.07, 6.45) is 6.97. The van der Waals surface area contributed by atoms with Gasteiger partial charge in [-0.25, -0.2) is 0 Å². The van der Waals surface area contributed by atoms with Crippen molar-refractivity contribution in [3.05, 3.63) is 51.6 Å². The van der Waals surface area contributed by atoms with Crippen molar-refractivity contribution < 1.29 is 49.3 Å². The lowest BCUT2D eigenvalue weighted by atomic mass is 9.73. The Hall–Kier alpha value is -3.28. The fourth-order valence-electron chi connectivity index (χ4n) is 7.02. The van der Waals surface area contributed by atoms with Crippen LogP contribution < -0.4 is 0 Å². The maximum atomic E-state index is 13.7. The van der Waals surface area contributed by atoms with Crippen LogP contribution in [-0.4, -0.2) is 81.0 Å². The number of rotatable bonds is 12. The molecule has 0 amide bonds. The maximum Gasteiger partial charge on any atom is 0.207 e. The van der Waals surface area contributed by atoms with E-state index in [2.05, 4.69) is 13.0 Å². The Balaban J connectivity index is 1.45. The summed E-state index contributed by atoms with van der Waals surface area (Å²) >= 11 is 0. The van der Waals surface area contributed by atoms with Crippen molar-refractivity contribution in [2.24, 2.45) is 5.92 Å². The van der Waals surface area contributed by atoms with Gasteiger partial charge in [0.1, 0.15) is 17.2 Å². The summed E-state index contributed by atoms with van der Waals surface area (Å²) in [6, 6.07) is 1.31. The Morgan fingerprint density at radius 1 is 0.979 bits per heavy atom. The van der Waals surface area contributed by atoms with Gasteiger partial charge in [-0.3, -0.25) is 9.59 Å². The average molecular weight is 655 g/mol. The van der Waals surface area contributed by atoms with E-state index in [9.17, 15) is 35.1 Å². The predicted molar refractivity (Wildman–Crippen MR) is 178 cm³/mol. The zero-order valence-corrected chi connectivity index (χ0v) is 28.8. The third kappa shape index (κ3) is 6.98. The molecule has 4 rings (SSSR count). The number of phenolic OH excluding ortho intramolecular Hbond substituents is 3. The number of carbonyl (C=O) groups excluding carboxylic acids is 2. The van der Waals surface area contributed by atoms with Gasteiger partial charge in [-0.15, -0.1) is 0 Å². The van der Waals surface area contributed by atoms with Crippen molar-refractivity contribution in [3.63, 3.8) is 0 Å². The van der Waals surface area contributed by atoms with Crippen LogP contribution >= 0.6 is 0 Å². The van der Waals surface area contributed by atoms with Gasteiger partial charge in [0.15, 0.2) is 11.9 Å². The molecular formula is C37H50O10. The Morgan fingerprint density at radius 3 is 2.21 bits per heavy atom. The zero-order chi connectivity index (χ0) is 35.0. The Bertz CT molecular complexity index is 1590. The predicted octanol–water partition coefficient (Wildman–Crippen LogP) is 6.08. The van der Waals surface area contributed by atoms with E-state index in [1.54, 1.807) is 41.1 Å². The summed E-state index contributed by atoms with van der Waals surface area (Å²) in [5.74, 6) is -3.15. The molecule has 2 aliphatic rings. The normalized spacial score (nSPS) is 24.1. The molecule has 47 heavy (non-hydrogen) atoms. The number of aliphatic hydroxyl groups is 2. The van der Waals surface area contributed by atoms with E-state index in [1.807, 2.05) is 6.92 Å². The molecule has 5 N–H and O–H groups in total. The number of aromatic hydroxyl groups is 3. The number of hydrogen-bond acceptors (Lipinski definition) is 10. The largest absolute Gasteiger partial charge is 0.507 e. The van der Waals surface area contributed by atoms with Crippen LogP contribution in [0.5, 0.6) is 17.2 Å². The minimum absolute atomic E-state index is 0.0407. The van der Waals surface area contributed by atoms with Crippen LogP contribution in [0.15, 0.2) is 29.4 Å². The zero-order valence-electron chi connectivity index (χ0n) is 28.8. The van der Waals surface area contributed by atoms with Gasteiger partial charge in [0.05, 0.1) is 28.9 Å². The molecule has 258 valence electrons. The molecule has 1 saturated heterocycles. The van der Waals surface area contributed by atoms with Gasteiger partial charge in [-0.2, -0.15) is 0 Å². The fourth-order valence-corrected chi connectivity index (χ4v) is 7.02. The van der Waals surface area contributed by atoms with E-state index >= 15 is 0 Å². The molecule has 0 saturated carbocycles. The highest BCUT2D eigenvalue weighted by Gasteiger charge is 2.51. The number of benzene rings is 2. The topological polar surface area (TPSA) is 163 Å². The first-order chi connectivity index (χ1) is 22.0. The smallest absolute Gasteiger partial charge is 0.207 e. The fraction of sp³-hybridized carbons (Fsp3) is 0.568. The maximum absolute atomic E-state index is 13.7. The van der Waals surface area contributed by atoms with Crippen LogP contribution in [-0.2, 0) is 14.2 Å². The second-order valence-corrected chi connectivity index (χ2v) is 13.8. The van der Waals surface area contributed by atoms with Crippen LogP contribution in [0.1, 0.15) is 104 Å². The molecule has 0 radical (unpaired) electrons. The third-order valence-corrected chi connectivity index (χ3v) is 9.92. The monoisotopic (exact) mass is 654 g/mol. The van der Waals surface area contributed by atoms with E-state index < -0.39 is 40.6 Å². The van der Waals surface area contributed by atoms with Gasteiger partial charge >= 0.3 is 0 Å². The van der Waals surface area contributed by atoms with Gasteiger partial charge in [0, 0.05) is 42.9 Å². The summed E-state index contributed by atoms with van der Waals surface area (Å²) in [5.41, 5.74) is -1.57. The van der Waals surface area contributed by atoms with Crippen LogP contribution in [0, 0.1) is 19.8 Å². The van der Waals surface area contributed by atoms with Crippen LogP contribution in [0.4, 0.5) is 0 Å². The lowest BCUT2D eigenvalue weighted by Gasteiger charge is -2.43. The first-order valence-corrected chi connectivity index (χ1v) is 16.2. The molecule has 10 heteroatoms. The number of aryl methyl sites for hydroxylation is 1. The standard InChI is InChI=1S/C37H50O10/c1-19(12-14-25-23(35(45-7)46-8)13-15-26(47-25)36(5,6)43)10-9-11-20(2)16-17-37(44)33(41)28-24(38)18-21(3)27-29(28)30(34(37)42)32(40)22(4)31(27)39/h10,16,18,23,25-26,35,38-40,43-44H,9,11-15,17H2,1-8H3. The molecular weight excluding hydrogens is 604 g/mol. The van der Waals surface area contributed by atoms with Crippen LogP contribution in [0.3, 0.4) is 0 Å². The van der Waals surface area contributed by atoms with Gasteiger partial charge in [0.2, 0.25) is 11.6 Å². The molecule has 2 aromatic rings. The van der Waals surface area contributed by atoms with E-state index in [0.717, 1.165) is 30.4 Å². The summed E-state index contributed by atoms with van der Waals surface area (Å²) in [5, 5.41) is 54.5. The Kier molecular flexibility index (Phi) is 10.9. The third-order valence-electron chi connectivity index (χ3n) is 9.92. The van der Waals surface area contributed by atoms with E-state index in [0.29, 0.717) is 24.8 Å². The molecule has 4 unspecified atom stereocenters. The molecule has 1 heterocycles. The minimum Gasteiger partial charge on any atom is -0.507 e. The average Bonchev–Trinajstić information content (AvgIpc) is 3.01. The molecule has 2 aromatic carbocycles. The molecule has 10 nitrogen and oxygen atoms in total. The highest BCUT2D eigenvalue weighted by atomic mass is 16.7. The van der Waals surface area contributed by atoms with E-state index in [-0.39, 0.29) is 57.8 Å². The SMILES string of the molecule is COC(OC)C1CCC(C(C)(C)O)OC1CCC(C)=CCCC(C)=CCC1(O)C(=O)c2c(O)cc(C)c3c(O)c(C)c(O)c(c23)C1=O. The summed E-state index contributed by atoms with van der Waals surface area (Å²) in [7, 11) is 3.24. The number of carbonyl (C=O) groups is 2. The number of hydrogen-bond donors (Lipinski definition) is 5. The summed E-state index contributed by atoms with van der Waals surface area (Å²) < 4.78 is 17.5. The van der Waals surface area contributed by atoms with Crippen molar-refractivity contribution in [2.45, 2.75) is 116 Å². The Morgan fingerprint density at radius 2 is 1.60 bits per heavy atom. The Labute approximate surface area is 276 Å². The van der Waals surface area contributed by atoms with Gasteiger partial charge in [-0.05, 0) is 91.7 Å². The molecule has 1 fully saturated rings. The highest BCUT2D eigenvalue weighted by molar-refractivity contribution is 6.36. The molecule has 1 aliphatic carbocycles. The van der Waals surface area contributed by atoms with Crippen molar-refractivity contribution in [1.82, 2.24) is 0 Å². The number of phenols is 3.